The van der Waals surface area contributed by atoms with Gasteiger partial charge in [0.05, 0.1) is 22.0 Å². The van der Waals surface area contributed by atoms with E-state index in [-0.39, 0.29) is 29.1 Å². The molecule has 0 atom stereocenters. The molecule has 136 valence electrons. The highest BCUT2D eigenvalue weighted by atomic mass is 16.6. The lowest BCUT2D eigenvalue weighted by atomic mass is 10.1. The molecule has 2 aromatic rings. The number of aromatic nitrogens is 1. The molecule has 10 nitrogen and oxygen atoms in total. The van der Waals surface area contributed by atoms with E-state index in [1.807, 2.05) is 0 Å². The van der Waals surface area contributed by atoms with Crippen LogP contribution in [0.3, 0.4) is 0 Å². The minimum atomic E-state index is -0.625. The van der Waals surface area contributed by atoms with Gasteiger partial charge in [-0.1, -0.05) is 6.07 Å². The van der Waals surface area contributed by atoms with Gasteiger partial charge in [-0.05, 0) is 25.5 Å². The maximum absolute atomic E-state index is 12.0. The zero-order valence-electron chi connectivity index (χ0n) is 13.9. The molecule has 10 heteroatoms. The number of nitro groups is 2. The van der Waals surface area contributed by atoms with Crippen LogP contribution >= 0.6 is 0 Å². The van der Waals surface area contributed by atoms with E-state index in [1.165, 1.54) is 37.3 Å². The van der Waals surface area contributed by atoms with Crippen molar-refractivity contribution in [2.45, 2.75) is 13.3 Å². The van der Waals surface area contributed by atoms with Crippen LogP contribution in [-0.2, 0) is 4.74 Å². The lowest BCUT2D eigenvalue weighted by Gasteiger charge is -2.08. The lowest BCUT2D eigenvalue weighted by molar-refractivity contribution is -0.385. The Hall–Kier alpha value is -3.56. The Morgan fingerprint density at radius 1 is 1.19 bits per heavy atom. The van der Waals surface area contributed by atoms with Crippen molar-refractivity contribution in [3.05, 3.63) is 67.9 Å². The number of hydrogen-bond acceptors (Lipinski definition) is 8. The minimum Gasteiger partial charge on any atom is -0.462 e. The molecule has 0 saturated heterocycles. The van der Waals surface area contributed by atoms with Gasteiger partial charge in [-0.25, -0.2) is 9.78 Å². The largest absolute Gasteiger partial charge is 0.462 e. The molecule has 0 spiro atoms. The number of nitrogens with one attached hydrogen (secondary N) is 1. The number of rotatable bonds is 8. The maximum Gasteiger partial charge on any atom is 0.338 e. The maximum atomic E-state index is 12.0. The van der Waals surface area contributed by atoms with Gasteiger partial charge in [-0.3, -0.25) is 20.2 Å². The smallest absolute Gasteiger partial charge is 0.338 e. The molecule has 0 aliphatic carbocycles. The summed E-state index contributed by atoms with van der Waals surface area (Å²) >= 11 is 0. The van der Waals surface area contributed by atoms with Gasteiger partial charge in [0.25, 0.3) is 11.4 Å². The molecule has 0 radical (unpaired) electrons. The Morgan fingerprint density at radius 2 is 1.96 bits per heavy atom. The van der Waals surface area contributed by atoms with Crippen LogP contribution in [0.15, 0.2) is 36.5 Å². The van der Waals surface area contributed by atoms with Crippen LogP contribution in [0.4, 0.5) is 17.2 Å². The van der Waals surface area contributed by atoms with Gasteiger partial charge in [0.15, 0.2) is 0 Å². The van der Waals surface area contributed by atoms with E-state index in [0.29, 0.717) is 18.8 Å². The second kappa shape index (κ2) is 8.51. The van der Waals surface area contributed by atoms with E-state index in [2.05, 4.69) is 10.3 Å². The molecule has 0 saturated carbocycles. The number of pyridine rings is 1. The fourth-order valence-corrected chi connectivity index (χ4v) is 2.17. The van der Waals surface area contributed by atoms with Crippen LogP contribution in [0.2, 0.25) is 0 Å². The van der Waals surface area contributed by atoms with Crippen molar-refractivity contribution in [3.8, 4) is 0 Å². The van der Waals surface area contributed by atoms with Crippen molar-refractivity contribution in [2.75, 3.05) is 18.5 Å². The third-order valence-corrected chi connectivity index (χ3v) is 3.54. The van der Waals surface area contributed by atoms with Gasteiger partial charge in [-0.2, -0.15) is 0 Å². The van der Waals surface area contributed by atoms with Crippen LogP contribution in [0.1, 0.15) is 22.3 Å². The molecule has 26 heavy (non-hydrogen) atoms. The van der Waals surface area contributed by atoms with E-state index in [4.69, 9.17) is 4.74 Å². The van der Waals surface area contributed by atoms with Crippen molar-refractivity contribution >= 4 is 23.2 Å². The number of carbonyl (C=O) groups excluding carboxylic acids is 1. The Morgan fingerprint density at radius 3 is 2.58 bits per heavy atom. The second-order valence-corrected chi connectivity index (χ2v) is 5.28. The molecule has 1 heterocycles. The van der Waals surface area contributed by atoms with Gasteiger partial charge in [0.1, 0.15) is 12.0 Å². The van der Waals surface area contributed by atoms with Crippen LogP contribution in [0, 0.1) is 27.2 Å². The van der Waals surface area contributed by atoms with Crippen molar-refractivity contribution in [1.29, 1.82) is 0 Å². The molecular weight excluding hydrogens is 344 g/mol. The van der Waals surface area contributed by atoms with Crippen LogP contribution in [0.25, 0.3) is 0 Å². The molecule has 1 N–H and O–H groups in total. The fraction of sp³-hybridized carbons (Fsp3) is 0.250. The predicted molar refractivity (Wildman–Crippen MR) is 92.1 cm³/mol. The summed E-state index contributed by atoms with van der Waals surface area (Å²) in [4.78, 5) is 36.3. The summed E-state index contributed by atoms with van der Waals surface area (Å²) in [5.74, 6) is -0.156. The summed E-state index contributed by atoms with van der Waals surface area (Å²) in [5, 5.41) is 24.4. The number of ether oxygens (including phenoxy) is 1. The SMILES string of the molecule is Cc1c(C(=O)OCCCNc2ccc([N+](=O)[O-])cn2)cccc1[N+](=O)[O-]. The van der Waals surface area contributed by atoms with Gasteiger partial charge in [0, 0.05) is 24.2 Å². The number of nitro benzene ring substituents is 1. The van der Waals surface area contributed by atoms with Crippen molar-refractivity contribution in [2.24, 2.45) is 0 Å². The van der Waals surface area contributed by atoms with E-state index >= 15 is 0 Å². The number of anilines is 1. The zero-order valence-corrected chi connectivity index (χ0v) is 13.9. The Balaban J connectivity index is 1.79. The van der Waals surface area contributed by atoms with Gasteiger partial charge >= 0.3 is 5.97 Å². The zero-order chi connectivity index (χ0) is 19.1. The third-order valence-electron chi connectivity index (χ3n) is 3.54. The molecule has 2 rings (SSSR count). The van der Waals surface area contributed by atoms with Gasteiger partial charge in [-0.15, -0.1) is 0 Å². The average Bonchev–Trinajstić information content (AvgIpc) is 2.61. The van der Waals surface area contributed by atoms with Crippen molar-refractivity contribution in [3.63, 3.8) is 0 Å². The highest BCUT2D eigenvalue weighted by Gasteiger charge is 2.18. The molecule has 0 bridgehead atoms. The second-order valence-electron chi connectivity index (χ2n) is 5.28. The average molecular weight is 360 g/mol. The molecule has 0 aliphatic rings. The van der Waals surface area contributed by atoms with Gasteiger partial charge in [0.2, 0.25) is 0 Å². The summed E-state index contributed by atoms with van der Waals surface area (Å²) in [7, 11) is 0. The van der Waals surface area contributed by atoms with Crippen molar-refractivity contribution < 1.29 is 19.4 Å². The number of carbonyl (C=O) groups is 1. The standard InChI is InChI=1S/C16H16N4O6/c1-11-13(4-2-5-14(11)20(24)25)16(21)26-9-3-8-17-15-7-6-12(10-18-15)19(22)23/h2,4-7,10H,3,8-9H2,1H3,(H,17,18). The van der Waals surface area contributed by atoms with Crippen LogP contribution in [-0.4, -0.2) is 34.0 Å². The molecule has 0 unspecified atom stereocenters. The number of nitrogens with zero attached hydrogens (tertiary/aromatic N) is 3. The van der Waals surface area contributed by atoms with Crippen LogP contribution < -0.4 is 5.32 Å². The van der Waals surface area contributed by atoms with Gasteiger partial charge < -0.3 is 10.1 Å². The van der Waals surface area contributed by atoms with Crippen molar-refractivity contribution in [1.82, 2.24) is 4.98 Å². The van der Waals surface area contributed by atoms with E-state index in [1.54, 1.807) is 0 Å². The monoisotopic (exact) mass is 360 g/mol. The summed E-state index contributed by atoms with van der Waals surface area (Å²) in [6.45, 7) is 2.05. The minimum absolute atomic E-state index is 0.100. The normalized spacial score (nSPS) is 10.2. The summed E-state index contributed by atoms with van der Waals surface area (Å²) in [6, 6.07) is 7.05. The first kappa shape index (κ1) is 18.8. The number of hydrogen-bond donors (Lipinski definition) is 1. The summed E-state index contributed by atoms with van der Waals surface area (Å²) in [5.41, 5.74) is 0.182. The predicted octanol–water partition coefficient (Wildman–Crippen LogP) is 2.87. The third kappa shape index (κ3) is 4.72. The van der Waals surface area contributed by atoms with E-state index < -0.39 is 15.8 Å². The van der Waals surface area contributed by atoms with E-state index in [9.17, 15) is 25.0 Å². The number of benzene rings is 1. The quantitative estimate of drug-likeness (QED) is 0.328. The number of esters is 1. The highest BCUT2D eigenvalue weighted by molar-refractivity contribution is 5.92. The Bertz CT molecular complexity index is 822. The Kier molecular flexibility index (Phi) is 6.15. The first-order valence-corrected chi connectivity index (χ1v) is 7.65. The molecular formula is C16H16N4O6. The first-order chi connectivity index (χ1) is 12.4. The summed E-state index contributed by atoms with van der Waals surface area (Å²) in [6.07, 6.45) is 1.62. The molecule has 1 aromatic heterocycles. The summed E-state index contributed by atoms with van der Waals surface area (Å²) < 4.78 is 5.12. The van der Waals surface area contributed by atoms with E-state index in [0.717, 1.165) is 6.20 Å². The highest BCUT2D eigenvalue weighted by Crippen LogP contribution is 2.21. The molecule has 0 fully saturated rings. The fourth-order valence-electron chi connectivity index (χ4n) is 2.17. The first-order valence-electron chi connectivity index (χ1n) is 7.65. The molecule has 0 aliphatic heterocycles. The Labute approximate surface area is 148 Å². The molecule has 0 amide bonds. The topological polar surface area (TPSA) is 138 Å². The van der Waals surface area contributed by atoms with Crippen LogP contribution in [0.5, 0.6) is 0 Å². The molecule has 1 aromatic carbocycles. The lowest BCUT2D eigenvalue weighted by Crippen LogP contribution is -2.12.